The van der Waals surface area contributed by atoms with Crippen LogP contribution in [-0.2, 0) is 4.79 Å². The van der Waals surface area contributed by atoms with Crippen molar-refractivity contribution in [3.05, 3.63) is 0 Å². The Balaban J connectivity index is 2.08. The lowest BCUT2D eigenvalue weighted by Gasteiger charge is -2.34. The summed E-state index contributed by atoms with van der Waals surface area (Å²) in [5, 5.41) is 9.51. The number of nitrogens with zero attached hydrogens (tertiary/aromatic N) is 2. The van der Waals surface area contributed by atoms with Gasteiger partial charge in [-0.05, 0) is 19.3 Å². The minimum atomic E-state index is -0.711. The second kappa shape index (κ2) is 5.75. The molecule has 1 saturated heterocycles. The van der Waals surface area contributed by atoms with Crippen LogP contribution >= 0.6 is 11.8 Å². The Morgan fingerprint density at radius 1 is 1.16 bits per heavy atom. The molecule has 0 N–H and O–H groups in total. The molecule has 1 heterocycles. The fourth-order valence-corrected chi connectivity index (χ4v) is 4.15. The Morgan fingerprint density at radius 2 is 1.84 bits per heavy atom. The maximum atomic E-state index is 12.8. The fourth-order valence-electron chi connectivity index (χ4n) is 3.05. The van der Waals surface area contributed by atoms with Gasteiger partial charge in [-0.25, -0.2) is 0 Å². The number of nitriles is 1. The quantitative estimate of drug-likeness (QED) is 0.741. The van der Waals surface area contributed by atoms with Crippen molar-refractivity contribution >= 4 is 17.7 Å². The molecule has 0 aromatic carbocycles. The predicted octanol–water partition coefficient (Wildman–Crippen LogP) is 3.20. The summed E-state index contributed by atoms with van der Waals surface area (Å²) in [5.74, 6) is 1.09. The normalized spacial score (nSPS) is 26.3. The lowest BCUT2D eigenvalue weighted by Crippen LogP contribution is -2.45. The third kappa shape index (κ3) is 3.25. The van der Waals surface area contributed by atoms with E-state index in [1.165, 1.54) is 6.42 Å². The van der Waals surface area contributed by atoms with Crippen LogP contribution in [0.5, 0.6) is 0 Å². The molecule has 106 valence electrons. The summed E-state index contributed by atoms with van der Waals surface area (Å²) in [7, 11) is 0. The first-order chi connectivity index (χ1) is 8.99. The molecule has 0 spiro atoms. The molecule has 2 fully saturated rings. The van der Waals surface area contributed by atoms with Crippen LogP contribution in [0.3, 0.4) is 0 Å². The van der Waals surface area contributed by atoms with Crippen LogP contribution in [0, 0.1) is 16.7 Å². The molecule has 19 heavy (non-hydrogen) atoms. The average Bonchev–Trinajstić information content (AvgIpc) is 2.59. The molecule has 0 radical (unpaired) electrons. The molecule has 0 aromatic heterocycles. The smallest absolute Gasteiger partial charge is 0.243 e. The Morgan fingerprint density at radius 3 is 2.47 bits per heavy atom. The van der Waals surface area contributed by atoms with Gasteiger partial charge in [0, 0.05) is 23.6 Å². The number of carbonyl (C=O) groups is 1. The van der Waals surface area contributed by atoms with E-state index in [2.05, 4.69) is 19.9 Å². The summed E-state index contributed by atoms with van der Waals surface area (Å²) in [5.41, 5.74) is -0.711. The van der Waals surface area contributed by atoms with Crippen LogP contribution in [0.2, 0.25) is 0 Å². The van der Waals surface area contributed by atoms with Gasteiger partial charge in [-0.3, -0.25) is 4.79 Å². The molecular formula is C15H24N2OS. The van der Waals surface area contributed by atoms with Gasteiger partial charge in [0.1, 0.15) is 5.41 Å². The highest BCUT2D eigenvalue weighted by molar-refractivity contribution is 8.00. The van der Waals surface area contributed by atoms with E-state index < -0.39 is 5.41 Å². The van der Waals surface area contributed by atoms with E-state index in [0.717, 1.165) is 50.9 Å². The van der Waals surface area contributed by atoms with Gasteiger partial charge in [0.05, 0.1) is 6.07 Å². The molecular weight excluding hydrogens is 256 g/mol. The molecule has 4 heteroatoms. The monoisotopic (exact) mass is 280 g/mol. The first kappa shape index (κ1) is 14.7. The van der Waals surface area contributed by atoms with Crippen molar-refractivity contribution in [3.8, 4) is 6.07 Å². The summed E-state index contributed by atoms with van der Waals surface area (Å²) in [4.78, 5) is 14.7. The lowest BCUT2D eigenvalue weighted by molar-refractivity contribution is -0.140. The minimum Gasteiger partial charge on any atom is -0.340 e. The average molecular weight is 280 g/mol. The van der Waals surface area contributed by atoms with Gasteiger partial charge in [0.2, 0.25) is 5.91 Å². The number of hydrogen-bond acceptors (Lipinski definition) is 3. The van der Waals surface area contributed by atoms with Crippen molar-refractivity contribution in [1.29, 1.82) is 5.26 Å². The molecule has 1 amide bonds. The summed E-state index contributed by atoms with van der Waals surface area (Å²) in [6.45, 7) is 6.09. The van der Waals surface area contributed by atoms with Crippen LogP contribution < -0.4 is 0 Å². The van der Waals surface area contributed by atoms with E-state index in [-0.39, 0.29) is 10.7 Å². The van der Waals surface area contributed by atoms with Crippen LogP contribution in [0.25, 0.3) is 0 Å². The summed E-state index contributed by atoms with van der Waals surface area (Å²) >= 11 is 1.94. The number of thioether (sulfide) groups is 1. The molecule has 0 aromatic rings. The topological polar surface area (TPSA) is 44.1 Å². The highest BCUT2D eigenvalue weighted by Crippen LogP contribution is 2.39. The molecule has 0 atom stereocenters. The third-order valence-electron chi connectivity index (χ3n) is 4.46. The molecule has 0 unspecified atom stereocenters. The second-order valence-corrected chi connectivity index (χ2v) is 8.21. The maximum Gasteiger partial charge on any atom is 0.243 e. The van der Waals surface area contributed by atoms with E-state index in [9.17, 15) is 10.1 Å². The van der Waals surface area contributed by atoms with Crippen LogP contribution in [0.1, 0.15) is 52.4 Å². The summed E-state index contributed by atoms with van der Waals surface area (Å²) in [6, 6.07) is 2.36. The van der Waals surface area contributed by atoms with Crippen molar-refractivity contribution in [2.24, 2.45) is 5.41 Å². The highest BCUT2D eigenvalue weighted by Gasteiger charge is 2.43. The highest BCUT2D eigenvalue weighted by atomic mass is 32.2. The molecule has 1 saturated carbocycles. The number of amides is 1. The Labute approximate surface area is 120 Å². The zero-order valence-electron chi connectivity index (χ0n) is 12.1. The van der Waals surface area contributed by atoms with Crippen molar-refractivity contribution in [2.75, 3.05) is 18.8 Å². The van der Waals surface area contributed by atoms with Gasteiger partial charge >= 0.3 is 0 Å². The van der Waals surface area contributed by atoms with E-state index in [0.29, 0.717) is 0 Å². The van der Waals surface area contributed by atoms with E-state index in [1.54, 1.807) is 0 Å². The first-order valence-corrected chi connectivity index (χ1v) is 8.32. The SMILES string of the molecule is CC1(C)CCN(C(=O)C2(C#N)CCCCC2)CCS1. The predicted molar refractivity (Wildman–Crippen MR) is 78.9 cm³/mol. The standard InChI is InChI=1S/C15H24N2OS/c1-14(2)8-9-17(10-11-19-14)13(18)15(12-16)6-4-3-5-7-15/h3-11H2,1-2H3. The number of hydrogen-bond donors (Lipinski definition) is 0. The maximum absolute atomic E-state index is 12.8. The zero-order valence-corrected chi connectivity index (χ0v) is 12.9. The molecule has 0 bridgehead atoms. The fraction of sp³-hybridized carbons (Fsp3) is 0.867. The molecule has 2 rings (SSSR count). The van der Waals surface area contributed by atoms with Gasteiger partial charge in [0.25, 0.3) is 0 Å². The van der Waals surface area contributed by atoms with Gasteiger partial charge in [-0.2, -0.15) is 17.0 Å². The molecule has 1 aliphatic heterocycles. The van der Waals surface area contributed by atoms with Crippen molar-refractivity contribution in [1.82, 2.24) is 4.90 Å². The Kier molecular flexibility index (Phi) is 4.45. The van der Waals surface area contributed by atoms with E-state index in [4.69, 9.17) is 0 Å². The van der Waals surface area contributed by atoms with Crippen LogP contribution in [0.4, 0.5) is 0 Å². The van der Waals surface area contributed by atoms with Crippen LogP contribution in [0.15, 0.2) is 0 Å². The van der Waals surface area contributed by atoms with E-state index >= 15 is 0 Å². The van der Waals surface area contributed by atoms with Gasteiger partial charge in [-0.15, -0.1) is 0 Å². The Hall–Kier alpha value is -0.690. The molecule has 1 aliphatic carbocycles. The number of carbonyl (C=O) groups excluding carboxylic acids is 1. The van der Waals surface area contributed by atoms with Crippen LogP contribution in [-0.4, -0.2) is 34.4 Å². The van der Waals surface area contributed by atoms with Crippen molar-refractivity contribution < 1.29 is 4.79 Å². The van der Waals surface area contributed by atoms with Gasteiger partial charge in [0.15, 0.2) is 0 Å². The third-order valence-corrected chi connectivity index (χ3v) is 5.83. The number of rotatable bonds is 1. The summed E-state index contributed by atoms with van der Waals surface area (Å²) in [6.07, 6.45) is 5.75. The molecule has 2 aliphatic rings. The minimum absolute atomic E-state index is 0.105. The zero-order chi connectivity index (χ0) is 13.9. The Bertz CT molecular complexity index is 380. The van der Waals surface area contributed by atoms with E-state index in [1.807, 2.05) is 16.7 Å². The second-order valence-electron chi connectivity index (χ2n) is 6.40. The van der Waals surface area contributed by atoms with Gasteiger partial charge in [-0.1, -0.05) is 33.1 Å². The van der Waals surface area contributed by atoms with Crippen molar-refractivity contribution in [2.45, 2.75) is 57.1 Å². The largest absolute Gasteiger partial charge is 0.340 e. The van der Waals surface area contributed by atoms with Gasteiger partial charge < -0.3 is 4.90 Å². The lowest BCUT2D eigenvalue weighted by atomic mass is 9.74. The molecule has 3 nitrogen and oxygen atoms in total. The summed E-state index contributed by atoms with van der Waals surface area (Å²) < 4.78 is 0.251. The first-order valence-electron chi connectivity index (χ1n) is 7.34. The van der Waals surface area contributed by atoms with Crippen molar-refractivity contribution in [3.63, 3.8) is 0 Å².